The highest BCUT2D eigenvalue weighted by atomic mass is 79.9. The van der Waals surface area contributed by atoms with Gasteiger partial charge in [-0.2, -0.15) is 0 Å². The van der Waals surface area contributed by atoms with E-state index in [0.717, 1.165) is 28.1 Å². The summed E-state index contributed by atoms with van der Waals surface area (Å²) in [5.41, 5.74) is 1.12. The van der Waals surface area contributed by atoms with E-state index >= 15 is 0 Å². The second kappa shape index (κ2) is 7.82. The van der Waals surface area contributed by atoms with Gasteiger partial charge in [0.05, 0.1) is 24.6 Å². The number of nitrogens with one attached hydrogen (secondary N) is 1. The normalized spacial score (nSPS) is 12.2. The summed E-state index contributed by atoms with van der Waals surface area (Å²) < 4.78 is 12.3. The van der Waals surface area contributed by atoms with Crippen LogP contribution in [0.2, 0.25) is 0 Å². The number of hydrogen-bond donors (Lipinski definition) is 1. The van der Waals surface area contributed by atoms with Crippen molar-refractivity contribution in [1.29, 1.82) is 0 Å². The Balaban J connectivity index is 2.49. The lowest BCUT2D eigenvalue weighted by Crippen LogP contribution is -2.22. The molecular formula is C16H20BrNO2S. The van der Waals surface area contributed by atoms with Gasteiger partial charge in [-0.3, -0.25) is 0 Å². The molecule has 1 heterocycles. The molecule has 0 aliphatic carbocycles. The SMILES string of the molecule is CCNC(c1cc(Br)ccc1OCC)c1sccc1OC. The molecule has 0 aliphatic rings. The van der Waals surface area contributed by atoms with Gasteiger partial charge in [-0.05, 0) is 43.1 Å². The van der Waals surface area contributed by atoms with Crippen LogP contribution in [0.15, 0.2) is 34.1 Å². The van der Waals surface area contributed by atoms with E-state index in [1.807, 2.05) is 25.1 Å². The molecule has 1 atom stereocenters. The fourth-order valence-electron chi connectivity index (χ4n) is 2.27. The van der Waals surface area contributed by atoms with E-state index < -0.39 is 0 Å². The molecule has 1 aromatic carbocycles. The Morgan fingerprint density at radius 2 is 2.05 bits per heavy atom. The Morgan fingerprint density at radius 3 is 2.71 bits per heavy atom. The van der Waals surface area contributed by atoms with Crippen LogP contribution in [-0.2, 0) is 0 Å². The molecule has 21 heavy (non-hydrogen) atoms. The zero-order valence-electron chi connectivity index (χ0n) is 12.5. The van der Waals surface area contributed by atoms with Gasteiger partial charge in [0, 0.05) is 10.0 Å². The van der Waals surface area contributed by atoms with Gasteiger partial charge in [-0.25, -0.2) is 0 Å². The third-order valence-corrected chi connectivity index (χ3v) is 4.59. The van der Waals surface area contributed by atoms with E-state index in [2.05, 4.69) is 39.6 Å². The van der Waals surface area contributed by atoms with Crippen LogP contribution in [0.25, 0.3) is 0 Å². The molecule has 0 saturated heterocycles. The number of benzene rings is 1. The van der Waals surface area contributed by atoms with Gasteiger partial charge in [-0.15, -0.1) is 11.3 Å². The minimum Gasteiger partial charge on any atom is -0.496 e. The molecule has 2 aromatic rings. The Hall–Kier alpha value is -1.04. The average molecular weight is 370 g/mol. The molecule has 2 rings (SSSR count). The fraction of sp³-hybridized carbons (Fsp3) is 0.375. The van der Waals surface area contributed by atoms with Crippen LogP contribution in [-0.4, -0.2) is 20.3 Å². The summed E-state index contributed by atoms with van der Waals surface area (Å²) in [6.45, 7) is 5.62. The van der Waals surface area contributed by atoms with Gasteiger partial charge < -0.3 is 14.8 Å². The lowest BCUT2D eigenvalue weighted by Gasteiger charge is -2.21. The lowest BCUT2D eigenvalue weighted by atomic mass is 10.0. The van der Waals surface area contributed by atoms with Crippen LogP contribution in [0.4, 0.5) is 0 Å². The van der Waals surface area contributed by atoms with E-state index in [1.165, 1.54) is 4.88 Å². The molecule has 1 N–H and O–H groups in total. The Kier molecular flexibility index (Phi) is 6.08. The molecule has 0 aliphatic heterocycles. The van der Waals surface area contributed by atoms with Gasteiger partial charge in [0.2, 0.25) is 0 Å². The summed E-state index contributed by atoms with van der Waals surface area (Å²) in [7, 11) is 1.71. The smallest absolute Gasteiger partial charge is 0.134 e. The van der Waals surface area contributed by atoms with Gasteiger partial charge in [-0.1, -0.05) is 22.9 Å². The Labute approximate surface area is 138 Å². The first-order valence-corrected chi connectivity index (χ1v) is 8.65. The molecule has 0 radical (unpaired) electrons. The molecule has 0 bridgehead atoms. The monoisotopic (exact) mass is 369 g/mol. The number of hydrogen-bond acceptors (Lipinski definition) is 4. The quantitative estimate of drug-likeness (QED) is 0.772. The standard InChI is InChI=1S/C16H20BrNO2S/c1-4-18-15(16-14(19-3)8-9-21-16)12-10-11(17)6-7-13(12)20-5-2/h6-10,15,18H,4-5H2,1-3H3. The summed E-state index contributed by atoms with van der Waals surface area (Å²) in [5, 5.41) is 5.58. The minimum atomic E-state index is 0.0593. The second-order valence-corrected chi connectivity index (χ2v) is 6.32. The van der Waals surface area contributed by atoms with Crippen molar-refractivity contribution in [2.75, 3.05) is 20.3 Å². The number of halogens is 1. The number of ether oxygens (including phenoxy) is 2. The number of methoxy groups -OCH3 is 1. The van der Waals surface area contributed by atoms with Crippen LogP contribution >= 0.6 is 27.3 Å². The van der Waals surface area contributed by atoms with Crippen molar-refractivity contribution in [2.45, 2.75) is 19.9 Å². The molecule has 0 saturated carbocycles. The molecule has 1 unspecified atom stereocenters. The Bertz CT molecular complexity index is 585. The van der Waals surface area contributed by atoms with E-state index in [1.54, 1.807) is 18.4 Å². The minimum absolute atomic E-state index is 0.0593. The zero-order valence-corrected chi connectivity index (χ0v) is 14.9. The highest BCUT2D eigenvalue weighted by Crippen LogP contribution is 2.39. The molecule has 0 fully saturated rings. The van der Waals surface area contributed by atoms with Crippen LogP contribution in [0.3, 0.4) is 0 Å². The molecule has 114 valence electrons. The fourth-order valence-corrected chi connectivity index (χ4v) is 3.60. The molecular weight excluding hydrogens is 350 g/mol. The van der Waals surface area contributed by atoms with Gasteiger partial charge in [0.25, 0.3) is 0 Å². The van der Waals surface area contributed by atoms with Gasteiger partial charge in [0.15, 0.2) is 0 Å². The first-order chi connectivity index (χ1) is 10.2. The largest absolute Gasteiger partial charge is 0.496 e. The molecule has 3 nitrogen and oxygen atoms in total. The van der Waals surface area contributed by atoms with Crippen molar-refractivity contribution in [3.63, 3.8) is 0 Å². The maximum atomic E-state index is 5.79. The maximum absolute atomic E-state index is 5.79. The highest BCUT2D eigenvalue weighted by molar-refractivity contribution is 9.10. The van der Waals surface area contributed by atoms with E-state index in [0.29, 0.717) is 6.61 Å². The molecule has 5 heteroatoms. The lowest BCUT2D eigenvalue weighted by molar-refractivity contribution is 0.333. The van der Waals surface area contributed by atoms with Crippen molar-refractivity contribution >= 4 is 27.3 Å². The van der Waals surface area contributed by atoms with Crippen molar-refractivity contribution in [3.8, 4) is 11.5 Å². The molecule has 0 amide bonds. The highest BCUT2D eigenvalue weighted by Gasteiger charge is 2.22. The first kappa shape index (κ1) is 16.3. The topological polar surface area (TPSA) is 30.5 Å². The van der Waals surface area contributed by atoms with Crippen LogP contribution in [0.5, 0.6) is 11.5 Å². The van der Waals surface area contributed by atoms with E-state index in [4.69, 9.17) is 9.47 Å². The summed E-state index contributed by atoms with van der Waals surface area (Å²) in [6, 6.07) is 8.18. The summed E-state index contributed by atoms with van der Waals surface area (Å²) in [4.78, 5) is 1.17. The zero-order chi connectivity index (χ0) is 15.2. The second-order valence-electron chi connectivity index (χ2n) is 4.46. The number of thiophene rings is 1. The van der Waals surface area contributed by atoms with Crippen LogP contribution < -0.4 is 14.8 Å². The third kappa shape index (κ3) is 3.78. The van der Waals surface area contributed by atoms with Gasteiger partial charge in [0.1, 0.15) is 11.5 Å². The van der Waals surface area contributed by atoms with Crippen molar-refractivity contribution in [3.05, 3.63) is 44.6 Å². The van der Waals surface area contributed by atoms with Crippen molar-refractivity contribution in [2.24, 2.45) is 0 Å². The summed E-state index contributed by atoms with van der Waals surface area (Å²) in [5.74, 6) is 1.82. The predicted octanol–water partition coefficient (Wildman–Crippen LogP) is 4.62. The van der Waals surface area contributed by atoms with Crippen molar-refractivity contribution < 1.29 is 9.47 Å². The van der Waals surface area contributed by atoms with Crippen LogP contribution in [0, 0.1) is 0 Å². The maximum Gasteiger partial charge on any atom is 0.134 e. The predicted molar refractivity (Wildman–Crippen MR) is 91.7 cm³/mol. The average Bonchev–Trinajstić information content (AvgIpc) is 2.95. The van der Waals surface area contributed by atoms with E-state index in [9.17, 15) is 0 Å². The van der Waals surface area contributed by atoms with Crippen molar-refractivity contribution in [1.82, 2.24) is 5.32 Å². The van der Waals surface area contributed by atoms with Gasteiger partial charge >= 0.3 is 0 Å². The number of rotatable bonds is 7. The Morgan fingerprint density at radius 1 is 1.24 bits per heavy atom. The first-order valence-electron chi connectivity index (χ1n) is 6.98. The van der Waals surface area contributed by atoms with Crippen LogP contribution in [0.1, 0.15) is 30.3 Å². The molecule has 1 aromatic heterocycles. The van der Waals surface area contributed by atoms with E-state index in [-0.39, 0.29) is 6.04 Å². The summed E-state index contributed by atoms with van der Waals surface area (Å²) in [6.07, 6.45) is 0. The summed E-state index contributed by atoms with van der Waals surface area (Å²) >= 11 is 5.25. The third-order valence-electron chi connectivity index (χ3n) is 3.13. The molecule has 0 spiro atoms.